The quantitative estimate of drug-likeness (QED) is 0.204. The number of hydrogen-bond donors (Lipinski definition) is 0. The standard InChI is InChI=1S/C30H28N6O3S3/c1-20-4-2-5-22(14-20)36-28(26-6-3-13-40-26)32-33-30(36)42-18-27-31-23(17-41-27)29(37)35-11-9-34(10-12-35)16-21-7-8-24-25(15-21)39-19-38-24/h2-8,13-15,17H,9-12,16,18-19H2,1H3. The number of hydrogen-bond acceptors (Lipinski definition) is 10. The van der Waals surface area contributed by atoms with Crippen LogP contribution in [0.4, 0.5) is 0 Å². The van der Waals surface area contributed by atoms with Crippen molar-refractivity contribution in [3.05, 3.63) is 87.2 Å². The van der Waals surface area contributed by atoms with E-state index in [1.807, 2.05) is 39.9 Å². The van der Waals surface area contributed by atoms with Gasteiger partial charge in [-0.1, -0.05) is 36.0 Å². The maximum Gasteiger partial charge on any atom is 0.273 e. The molecule has 1 amide bonds. The predicted molar refractivity (Wildman–Crippen MR) is 165 cm³/mol. The van der Waals surface area contributed by atoms with Crippen molar-refractivity contribution in [1.29, 1.82) is 0 Å². The molecule has 1 saturated heterocycles. The Labute approximate surface area is 255 Å². The highest BCUT2D eigenvalue weighted by Crippen LogP contribution is 2.34. The lowest BCUT2D eigenvalue weighted by Gasteiger charge is -2.34. The van der Waals surface area contributed by atoms with Gasteiger partial charge in [-0.25, -0.2) is 4.98 Å². The molecule has 0 spiro atoms. The lowest BCUT2D eigenvalue weighted by molar-refractivity contribution is 0.0623. The van der Waals surface area contributed by atoms with Crippen LogP contribution in [-0.4, -0.2) is 68.4 Å². The Balaban J connectivity index is 0.982. The van der Waals surface area contributed by atoms with Crippen LogP contribution < -0.4 is 9.47 Å². The molecule has 9 nitrogen and oxygen atoms in total. The lowest BCUT2D eigenvalue weighted by atomic mass is 10.1. The zero-order chi connectivity index (χ0) is 28.5. The zero-order valence-electron chi connectivity index (χ0n) is 22.9. The van der Waals surface area contributed by atoms with Crippen molar-refractivity contribution < 1.29 is 14.3 Å². The van der Waals surface area contributed by atoms with Crippen molar-refractivity contribution in [3.8, 4) is 27.9 Å². The summed E-state index contributed by atoms with van der Waals surface area (Å²) in [5, 5.41) is 14.7. The molecule has 0 N–H and O–H groups in total. The number of nitrogens with zero attached hydrogens (tertiary/aromatic N) is 6. The van der Waals surface area contributed by atoms with Crippen molar-refractivity contribution in [3.63, 3.8) is 0 Å². The highest BCUT2D eigenvalue weighted by atomic mass is 32.2. The van der Waals surface area contributed by atoms with E-state index in [4.69, 9.17) is 14.5 Å². The number of carbonyl (C=O) groups excluding carboxylic acids is 1. The number of thioether (sulfide) groups is 1. The molecule has 3 aromatic heterocycles. The zero-order valence-corrected chi connectivity index (χ0v) is 25.4. The molecule has 0 bridgehead atoms. The smallest absolute Gasteiger partial charge is 0.273 e. The summed E-state index contributed by atoms with van der Waals surface area (Å²) in [6.07, 6.45) is 0. The first-order chi connectivity index (χ1) is 20.6. The summed E-state index contributed by atoms with van der Waals surface area (Å²) in [6, 6.07) is 18.5. The van der Waals surface area contributed by atoms with Crippen molar-refractivity contribution in [1.82, 2.24) is 29.5 Å². The van der Waals surface area contributed by atoms with Gasteiger partial charge in [-0.3, -0.25) is 14.3 Å². The van der Waals surface area contributed by atoms with Gasteiger partial charge in [-0.05, 0) is 53.8 Å². The van der Waals surface area contributed by atoms with Gasteiger partial charge in [0, 0.05) is 38.1 Å². The molecule has 12 heteroatoms. The summed E-state index contributed by atoms with van der Waals surface area (Å²) in [4.78, 5) is 23.3. The Hall–Kier alpha value is -3.71. The van der Waals surface area contributed by atoms with Crippen LogP contribution >= 0.6 is 34.4 Å². The van der Waals surface area contributed by atoms with Gasteiger partial charge in [0.25, 0.3) is 5.91 Å². The number of aromatic nitrogens is 4. The molecule has 2 aromatic carbocycles. The average molecular weight is 617 g/mol. The third-order valence-corrected chi connectivity index (χ3v) is 10.1. The summed E-state index contributed by atoms with van der Waals surface area (Å²) in [5.41, 5.74) is 3.89. The first kappa shape index (κ1) is 27.1. The summed E-state index contributed by atoms with van der Waals surface area (Å²) >= 11 is 4.74. The summed E-state index contributed by atoms with van der Waals surface area (Å²) < 4.78 is 13.0. The Morgan fingerprint density at radius 1 is 0.976 bits per heavy atom. The minimum Gasteiger partial charge on any atom is -0.454 e. The largest absolute Gasteiger partial charge is 0.454 e. The second kappa shape index (κ2) is 11.9. The van der Waals surface area contributed by atoms with Crippen molar-refractivity contribution >= 4 is 40.3 Å². The van der Waals surface area contributed by atoms with Gasteiger partial charge in [0.05, 0.1) is 16.3 Å². The number of thiophene rings is 1. The fraction of sp³-hybridized carbons (Fsp3) is 0.267. The third-order valence-electron chi connectivity index (χ3n) is 7.23. The molecule has 1 fully saturated rings. The van der Waals surface area contributed by atoms with E-state index < -0.39 is 0 Å². The van der Waals surface area contributed by atoms with Crippen LogP contribution in [0, 0.1) is 6.92 Å². The maximum atomic E-state index is 13.3. The van der Waals surface area contributed by atoms with E-state index in [9.17, 15) is 4.79 Å². The molecule has 0 aliphatic carbocycles. The Morgan fingerprint density at radius 3 is 2.69 bits per heavy atom. The predicted octanol–water partition coefficient (Wildman–Crippen LogP) is 5.74. The fourth-order valence-electron chi connectivity index (χ4n) is 5.10. The number of ether oxygens (including phenoxy) is 2. The monoisotopic (exact) mass is 616 g/mol. The second-order valence-corrected chi connectivity index (χ2v) is 13.0. The summed E-state index contributed by atoms with van der Waals surface area (Å²) in [7, 11) is 0. The fourth-order valence-corrected chi connectivity index (χ4v) is 7.54. The van der Waals surface area contributed by atoms with E-state index in [0.29, 0.717) is 24.5 Å². The van der Waals surface area contributed by atoms with Crippen LogP contribution in [0.2, 0.25) is 0 Å². The van der Waals surface area contributed by atoms with Gasteiger partial charge in [-0.15, -0.1) is 32.9 Å². The maximum absolute atomic E-state index is 13.3. The van der Waals surface area contributed by atoms with Gasteiger partial charge < -0.3 is 14.4 Å². The van der Waals surface area contributed by atoms with Gasteiger partial charge in [0.15, 0.2) is 22.5 Å². The molecule has 0 unspecified atom stereocenters. The van der Waals surface area contributed by atoms with E-state index in [2.05, 4.69) is 56.9 Å². The molecule has 214 valence electrons. The van der Waals surface area contributed by atoms with Gasteiger partial charge >= 0.3 is 0 Å². The number of fused-ring (bicyclic) bond motifs is 1. The van der Waals surface area contributed by atoms with Crippen LogP contribution in [0.1, 0.15) is 26.6 Å². The summed E-state index contributed by atoms with van der Waals surface area (Å²) in [5.74, 6) is 3.03. The van der Waals surface area contributed by atoms with E-state index in [-0.39, 0.29) is 12.7 Å². The van der Waals surface area contributed by atoms with Crippen LogP contribution in [-0.2, 0) is 12.3 Å². The third kappa shape index (κ3) is 5.67. The molecule has 2 aliphatic heterocycles. The van der Waals surface area contributed by atoms with E-state index in [0.717, 1.165) is 57.7 Å². The Kier molecular flexibility index (Phi) is 7.68. The topological polar surface area (TPSA) is 85.6 Å². The van der Waals surface area contributed by atoms with Gasteiger partial charge in [0.1, 0.15) is 10.7 Å². The number of aryl methyl sites for hydroxylation is 1. The molecule has 5 heterocycles. The number of amides is 1. The molecule has 42 heavy (non-hydrogen) atoms. The summed E-state index contributed by atoms with van der Waals surface area (Å²) in [6.45, 7) is 6.16. The van der Waals surface area contributed by atoms with Crippen molar-refractivity contribution in [2.24, 2.45) is 0 Å². The van der Waals surface area contributed by atoms with Crippen molar-refractivity contribution in [2.45, 2.75) is 24.4 Å². The first-order valence-electron chi connectivity index (χ1n) is 13.6. The van der Waals surface area contributed by atoms with Crippen LogP contribution in [0.25, 0.3) is 16.4 Å². The number of piperazine rings is 1. The number of carbonyl (C=O) groups is 1. The van der Waals surface area contributed by atoms with Crippen LogP contribution in [0.15, 0.2) is 70.5 Å². The van der Waals surface area contributed by atoms with Gasteiger partial charge in [-0.2, -0.15) is 0 Å². The lowest BCUT2D eigenvalue weighted by Crippen LogP contribution is -2.48. The molecule has 5 aromatic rings. The molecule has 0 atom stereocenters. The molecular formula is C30H28N6O3S3. The first-order valence-corrected chi connectivity index (χ1v) is 16.4. The molecular weight excluding hydrogens is 589 g/mol. The SMILES string of the molecule is Cc1cccc(-n2c(SCc3nc(C(=O)N4CCN(Cc5ccc6c(c5)OCO6)CC4)cs3)nnc2-c2cccs2)c1. The molecule has 0 radical (unpaired) electrons. The number of rotatable bonds is 8. The Bertz CT molecular complexity index is 1710. The average Bonchev–Trinajstić information content (AvgIpc) is 3.83. The van der Waals surface area contributed by atoms with E-state index >= 15 is 0 Å². The molecule has 7 rings (SSSR count). The highest BCUT2D eigenvalue weighted by Gasteiger charge is 2.25. The minimum atomic E-state index is -0.00635. The normalized spacial score (nSPS) is 14.9. The van der Waals surface area contributed by atoms with Crippen LogP contribution in [0.5, 0.6) is 11.5 Å². The van der Waals surface area contributed by atoms with E-state index in [1.54, 1.807) is 23.1 Å². The molecule has 0 saturated carbocycles. The van der Waals surface area contributed by atoms with Crippen molar-refractivity contribution in [2.75, 3.05) is 33.0 Å². The Morgan fingerprint density at radius 2 is 1.86 bits per heavy atom. The highest BCUT2D eigenvalue weighted by molar-refractivity contribution is 7.98. The molecule has 2 aliphatic rings. The van der Waals surface area contributed by atoms with Gasteiger partial charge in [0.2, 0.25) is 6.79 Å². The minimum absolute atomic E-state index is 0.00635. The number of thiazole rings is 1. The van der Waals surface area contributed by atoms with Crippen LogP contribution in [0.3, 0.4) is 0 Å². The van der Waals surface area contributed by atoms with E-state index in [1.165, 1.54) is 22.5 Å². The number of benzene rings is 2. The second-order valence-electron chi connectivity index (χ2n) is 10.1.